The zero-order valence-electron chi connectivity index (χ0n) is 10.9. The molecule has 108 valence electrons. The standard InChI is InChI=1S/C12H24N2O2S.ClH/c13-6-2-3-7-14-12(15)10-17-9-11-5-1-4-8-16-11;/h11H,1-10,13H2,(H,14,15);1H. The summed E-state index contributed by atoms with van der Waals surface area (Å²) < 4.78 is 5.61. The number of halogens is 1. The Bertz CT molecular complexity index is 214. The van der Waals surface area contributed by atoms with Crippen LogP contribution in [0.1, 0.15) is 32.1 Å². The van der Waals surface area contributed by atoms with Gasteiger partial charge in [-0.05, 0) is 38.6 Å². The molecule has 0 aromatic heterocycles. The van der Waals surface area contributed by atoms with Crippen LogP contribution in [0.4, 0.5) is 0 Å². The van der Waals surface area contributed by atoms with Crippen LogP contribution in [-0.4, -0.2) is 43.2 Å². The zero-order chi connectivity index (χ0) is 12.3. The van der Waals surface area contributed by atoms with Crippen LogP contribution >= 0.6 is 24.2 Å². The minimum absolute atomic E-state index is 0. The Morgan fingerprint density at radius 1 is 1.39 bits per heavy atom. The van der Waals surface area contributed by atoms with E-state index in [1.165, 1.54) is 12.8 Å². The number of hydrogen-bond acceptors (Lipinski definition) is 4. The third-order valence-electron chi connectivity index (χ3n) is 2.76. The van der Waals surface area contributed by atoms with Crippen LogP contribution in [0.5, 0.6) is 0 Å². The Hall–Kier alpha value is 0.0300. The SMILES string of the molecule is Cl.NCCCCNC(=O)CSCC1CCCCO1. The Kier molecular flexibility index (Phi) is 12.1. The Morgan fingerprint density at radius 2 is 2.22 bits per heavy atom. The fraction of sp³-hybridized carbons (Fsp3) is 0.917. The van der Waals surface area contributed by atoms with Crippen molar-refractivity contribution in [2.75, 3.05) is 31.2 Å². The molecule has 6 heteroatoms. The first-order chi connectivity index (χ1) is 8.33. The maximum Gasteiger partial charge on any atom is 0.229 e. The first kappa shape index (κ1) is 18.0. The second-order valence-corrected chi connectivity index (χ2v) is 5.38. The number of hydrogen-bond donors (Lipinski definition) is 2. The first-order valence-electron chi connectivity index (χ1n) is 6.49. The Balaban J connectivity index is 0.00000289. The van der Waals surface area contributed by atoms with E-state index in [1.54, 1.807) is 11.8 Å². The largest absolute Gasteiger partial charge is 0.377 e. The van der Waals surface area contributed by atoms with Gasteiger partial charge in [-0.1, -0.05) is 0 Å². The van der Waals surface area contributed by atoms with Crippen LogP contribution in [0.3, 0.4) is 0 Å². The van der Waals surface area contributed by atoms with Gasteiger partial charge >= 0.3 is 0 Å². The van der Waals surface area contributed by atoms with E-state index in [-0.39, 0.29) is 18.3 Å². The molecule has 0 radical (unpaired) electrons. The van der Waals surface area contributed by atoms with Crippen LogP contribution in [-0.2, 0) is 9.53 Å². The van der Waals surface area contributed by atoms with Gasteiger partial charge in [0.25, 0.3) is 0 Å². The molecular formula is C12H25ClN2O2S. The van der Waals surface area contributed by atoms with Gasteiger partial charge in [-0.15, -0.1) is 24.2 Å². The maximum atomic E-state index is 11.4. The van der Waals surface area contributed by atoms with E-state index in [1.807, 2.05) is 0 Å². The van der Waals surface area contributed by atoms with Crippen molar-refractivity contribution in [2.24, 2.45) is 5.73 Å². The molecule has 1 amide bonds. The van der Waals surface area contributed by atoms with Gasteiger partial charge in [0.05, 0.1) is 11.9 Å². The van der Waals surface area contributed by atoms with Gasteiger partial charge in [0, 0.05) is 18.9 Å². The summed E-state index contributed by atoms with van der Waals surface area (Å²) in [4.78, 5) is 11.4. The quantitative estimate of drug-likeness (QED) is 0.667. The van der Waals surface area contributed by atoms with Gasteiger partial charge in [-0.2, -0.15) is 0 Å². The minimum Gasteiger partial charge on any atom is -0.377 e. The van der Waals surface area contributed by atoms with Crippen LogP contribution < -0.4 is 11.1 Å². The van der Waals surface area contributed by atoms with Crippen molar-refractivity contribution in [3.63, 3.8) is 0 Å². The minimum atomic E-state index is 0. The molecule has 0 aromatic rings. The number of carbonyl (C=O) groups excluding carboxylic acids is 1. The molecule has 4 nitrogen and oxygen atoms in total. The topological polar surface area (TPSA) is 64.3 Å². The van der Waals surface area contributed by atoms with E-state index in [0.717, 1.165) is 38.2 Å². The van der Waals surface area contributed by atoms with Crippen LogP contribution in [0, 0.1) is 0 Å². The lowest BCUT2D eigenvalue weighted by atomic mass is 10.1. The number of thioether (sulfide) groups is 1. The highest BCUT2D eigenvalue weighted by Gasteiger charge is 2.14. The molecule has 0 saturated carbocycles. The fourth-order valence-corrected chi connectivity index (χ4v) is 2.70. The van der Waals surface area contributed by atoms with Gasteiger partial charge in [0.15, 0.2) is 0 Å². The highest BCUT2D eigenvalue weighted by Crippen LogP contribution is 2.16. The van der Waals surface area contributed by atoms with Gasteiger partial charge in [0.2, 0.25) is 5.91 Å². The van der Waals surface area contributed by atoms with E-state index in [0.29, 0.717) is 18.4 Å². The van der Waals surface area contributed by atoms with Crippen LogP contribution in [0.15, 0.2) is 0 Å². The van der Waals surface area contributed by atoms with E-state index in [4.69, 9.17) is 10.5 Å². The van der Waals surface area contributed by atoms with Crippen molar-refractivity contribution in [1.29, 1.82) is 0 Å². The lowest BCUT2D eigenvalue weighted by Gasteiger charge is -2.21. The molecule has 3 N–H and O–H groups in total. The molecule has 1 unspecified atom stereocenters. The van der Waals surface area contributed by atoms with E-state index in [9.17, 15) is 4.79 Å². The maximum absolute atomic E-state index is 11.4. The summed E-state index contributed by atoms with van der Waals surface area (Å²) in [5.74, 6) is 1.61. The third kappa shape index (κ3) is 9.03. The molecule has 0 aliphatic carbocycles. The molecule has 1 atom stereocenters. The molecule has 1 aliphatic rings. The Labute approximate surface area is 120 Å². The van der Waals surface area contributed by atoms with Crippen LogP contribution in [0.25, 0.3) is 0 Å². The third-order valence-corrected chi connectivity index (χ3v) is 3.84. The number of nitrogens with two attached hydrogens (primary N) is 1. The summed E-state index contributed by atoms with van der Waals surface area (Å²) in [6, 6.07) is 0. The number of amides is 1. The van der Waals surface area contributed by atoms with E-state index < -0.39 is 0 Å². The lowest BCUT2D eigenvalue weighted by Crippen LogP contribution is -2.28. The summed E-state index contributed by atoms with van der Waals surface area (Å²) in [6.45, 7) is 2.33. The highest BCUT2D eigenvalue weighted by molar-refractivity contribution is 7.99. The van der Waals surface area contributed by atoms with E-state index >= 15 is 0 Å². The molecule has 0 aromatic carbocycles. The smallest absolute Gasteiger partial charge is 0.229 e. The summed E-state index contributed by atoms with van der Waals surface area (Å²) in [6.07, 6.45) is 5.89. The van der Waals surface area contributed by atoms with Crippen molar-refractivity contribution in [3.05, 3.63) is 0 Å². The second-order valence-electron chi connectivity index (χ2n) is 4.35. The van der Waals surface area contributed by atoms with Gasteiger partial charge in [-0.3, -0.25) is 4.79 Å². The molecule has 0 bridgehead atoms. The molecule has 1 aliphatic heterocycles. The predicted molar refractivity (Wildman–Crippen MR) is 79.5 cm³/mol. The fourth-order valence-electron chi connectivity index (χ4n) is 1.77. The summed E-state index contributed by atoms with van der Waals surface area (Å²) in [5.41, 5.74) is 5.38. The molecule has 1 heterocycles. The van der Waals surface area contributed by atoms with Gasteiger partial charge in [-0.25, -0.2) is 0 Å². The molecule has 18 heavy (non-hydrogen) atoms. The summed E-state index contributed by atoms with van der Waals surface area (Å²) >= 11 is 1.67. The summed E-state index contributed by atoms with van der Waals surface area (Å²) in [7, 11) is 0. The average Bonchev–Trinajstić information content (AvgIpc) is 2.36. The molecular weight excluding hydrogens is 272 g/mol. The van der Waals surface area contributed by atoms with Gasteiger partial charge < -0.3 is 15.8 Å². The summed E-state index contributed by atoms with van der Waals surface area (Å²) in [5, 5.41) is 2.90. The molecule has 0 spiro atoms. The van der Waals surface area contributed by atoms with Crippen LogP contribution in [0.2, 0.25) is 0 Å². The first-order valence-corrected chi connectivity index (χ1v) is 7.64. The number of rotatable bonds is 8. The monoisotopic (exact) mass is 296 g/mol. The number of ether oxygens (including phenoxy) is 1. The average molecular weight is 297 g/mol. The normalized spacial score (nSPS) is 19.1. The molecule has 1 rings (SSSR count). The Morgan fingerprint density at radius 3 is 2.89 bits per heavy atom. The van der Waals surface area contributed by atoms with Crippen molar-refractivity contribution >= 4 is 30.1 Å². The zero-order valence-corrected chi connectivity index (χ0v) is 12.5. The number of unbranched alkanes of at least 4 members (excludes halogenated alkanes) is 1. The molecule has 1 saturated heterocycles. The van der Waals surface area contributed by atoms with Crippen molar-refractivity contribution in [3.8, 4) is 0 Å². The highest BCUT2D eigenvalue weighted by atomic mass is 35.5. The predicted octanol–water partition coefficient (Wildman–Crippen LogP) is 1.57. The van der Waals surface area contributed by atoms with E-state index in [2.05, 4.69) is 5.32 Å². The van der Waals surface area contributed by atoms with Gasteiger partial charge in [0.1, 0.15) is 0 Å². The lowest BCUT2D eigenvalue weighted by molar-refractivity contribution is -0.118. The number of carbonyl (C=O) groups is 1. The van der Waals surface area contributed by atoms with Crippen molar-refractivity contribution in [1.82, 2.24) is 5.32 Å². The number of nitrogens with one attached hydrogen (secondary N) is 1. The van der Waals surface area contributed by atoms with Crippen molar-refractivity contribution < 1.29 is 9.53 Å². The second kappa shape index (κ2) is 12.1. The molecule has 1 fully saturated rings. The van der Waals surface area contributed by atoms with Crippen molar-refractivity contribution in [2.45, 2.75) is 38.2 Å².